The van der Waals surface area contributed by atoms with Gasteiger partial charge in [-0.05, 0) is 48.9 Å². The molecular formula is C23H25N. The minimum Gasteiger partial charge on any atom is -0.380 e. The minimum atomic E-state index is 0.443. The van der Waals surface area contributed by atoms with Crippen molar-refractivity contribution in [3.63, 3.8) is 0 Å². The fourth-order valence-corrected chi connectivity index (χ4v) is 4.27. The zero-order valence-electron chi connectivity index (χ0n) is 14.2. The van der Waals surface area contributed by atoms with E-state index in [2.05, 4.69) is 71.8 Å². The van der Waals surface area contributed by atoms with Gasteiger partial charge in [0, 0.05) is 23.2 Å². The van der Waals surface area contributed by atoms with Gasteiger partial charge in [-0.25, -0.2) is 0 Å². The van der Waals surface area contributed by atoms with Crippen molar-refractivity contribution in [2.24, 2.45) is 11.8 Å². The van der Waals surface area contributed by atoms with Crippen molar-refractivity contribution in [1.82, 2.24) is 0 Å². The molecule has 1 N–H and O–H groups in total. The van der Waals surface area contributed by atoms with Crippen molar-refractivity contribution in [1.29, 1.82) is 0 Å². The third kappa shape index (κ3) is 3.34. The van der Waals surface area contributed by atoms with E-state index in [1.165, 1.54) is 43.4 Å². The highest BCUT2D eigenvalue weighted by atomic mass is 15.0. The molecule has 2 atom stereocenters. The first-order valence-electron chi connectivity index (χ1n) is 9.31. The molecule has 1 aliphatic carbocycles. The Balaban J connectivity index is 1.58. The zero-order valence-corrected chi connectivity index (χ0v) is 14.2. The molecule has 0 aromatic heterocycles. The second kappa shape index (κ2) is 7.14. The van der Waals surface area contributed by atoms with Crippen LogP contribution >= 0.6 is 0 Å². The highest BCUT2D eigenvalue weighted by molar-refractivity contribution is 5.57. The highest BCUT2D eigenvalue weighted by Gasteiger charge is 2.33. The van der Waals surface area contributed by atoms with Crippen LogP contribution in [0, 0.1) is 23.7 Å². The fourth-order valence-electron chi connectivity index (χ4n) is 4.27. The predicted molar refractivity (Wildman–Crippen MR) is 101 cm³/mol. The second-order valence-corrected chi connectivity index (χ2v) is 7.17. The Morgan fingerprint density at radius 2 is 1.62 bits per heavy atom. The Labute approximate surface area is 145 Å². The van der Waals surface area contributed by atoms with Gasteiger partial charge in [0.1, 0.15) is 0 Å². The number of hydrogen-bond acceptors (Lipinski definition) is 1. The van der Waals surface area contributed by atoms with Gasteiger partial charge in [-0.15, -0.1) is 0 Å². The third-order valence-electron chi connectivity index (χ3n) is 5.55. The lowest BCUT2D eigenvalue weighted by atomic mass is 9.76. The molecule has 0 amide bonds. The lowest BCUT2D eigenvalue weighted by Crippen LogP contribution is -2.33. The van der Waals surface area contributed by atoms with Crippen molar-refractivity contribution in [2.75, 3.05) is 5.32 Å². The number of hydrogen-bond donors (Lipinski definition) is 1. The van der Waals surface area contributed by atoms with Crippen molar-refractivity contribution in [2.45, 2.75) is 44.6 Å². The first kappa shape index (κ1) is 15.3. The topological polar surface area (TPSA) is 12.0 Å². The van der Waals surface area contributed by atoms with Gasteiger partial charge in [-0.3, -0.25) is 0 Å². The molecule has 122 valence electrons. The lowest BCUT2D eigenvalue weighted by molar-refractivity contribution is 0.273. The van der Waals surface area contributed by atoms with Gasteiger partial charge in [0.05, 0.1) is 0 Å². The molecule has 1 heterocycles. The number of benzene rings is 2. The van der Waals surface area contributed by atoms with E-state index < -0.39 is 0 Å². The van der Waals surface area contributed by atoms with E-state index >= 15 is 0 Å². The number of anilines is 1. The summed E-state index contributed by atoms with van der Waals surface area (Å²) in [7, 11) is 0. The smallest absolute Gasteiger partial charge is 0.0442 e. The van der Waals surface area contributed by atoms with E-state index in [-0.39, 0.29) is 0 Å². The first-order valence-corrected chi connectivity index (χ1v) is 9.31. The lowest BCUT2D eigenvalue weighted by Gasteiger charge is -2.31. The van der Waals surface area contributed by atoms with Crippen LogP contribution in [0.4, 0.5) is 5.69 Å². The molecule has 2 aromatic rings. The Bertz CT molecular complexity index is 706. The van der Waals surface area contributed by atoms with Gasteiger partial charge in [0.2, 0.25) is 0 Å². The third-order valence-corrected chi connectivity index (χ3v) is 5.55. The Hall–Kier alpha value is -2.20. The molecule has 1 aliphatic heterocycles. The van der Waals surface area contributed by atoms with Gasteiger partial charge < -0.3 is 5.32 Å². The van der Waals surface area contributed by atoms with Crippen molar-refractivity contribution < 1.29 is 0 Å². The summed E-state index contributed by atoms with van der Waals surface area (Å²) in [4.78, 5) is 0. The zero-order chi connectivity index (χ0) is 16.2. The van der Waals surface area contributed by atoms with Crippen molar-refractivity contribution in [3.05, 3.63) is 65.7 Å². The molecule has 1 fully saturated rings. The second-order valence-electron chi connectivity index (χ2n) is 7.17. The molecule has 1 saturated carbocycles. The summed E-state index contributed by atoms with van der Waals surface area (Å²) in [5.41, 5.74) is 3.89. The number of nitrogens with one attached hydrogen (secondary N) is 1. The molecule has 2 unspecified atom stereocenters. The maximum absolute atomic E-state index is 3.77. The van der Waals surface area contributed by atoms with Crippen LogP contribution in [0.25, 0.3) is 0 Å². The van der Waals surface area contributed by atoms with Crippen LogP contribution in [0.2, 0.25) is 0 Å². The van der Waals surface area contributed by atoms with Gasteiger partial charge in [-0.1, -0.05) is 67.5 Å². The molecule has 2 aliphatic rings. The summed E-state index contributed by atoms with van der Waals surface area (Å²) >= 11 is 0. The van der Waals surface area contributed by atoms with Gasteiger partial charge >= 0.3 is 0 Å². The molecule has 24 heavy (non-hydrogen) atoms. The van der Waals surface area contributed by atoms with Crippen LogP contribution in [-0.4, -0.2) is 6.04 Å². The summed E-state index contributed by atoms with van der Waals surface area (Å²) in [6, 6.07) is 19.6. The summed E-state index contributed by atoms with van der Waals surface area (Å²) < 4.78 is 0. The SMILES string of the molecule is C(#CC(C1CCCCC1)C1Cc2ccccc2N1)c1ccccc1. The normalized spacial score (nSPS) is 21.2. The molecular weight excluding hydrogens is 290 g/mol. The molecule has 0 radical (unpaired) electrons. The van der Waals surface area contributed by atoms with E-state index in [4.69, 9.17) is 0 Å². The van der Waals surface area contributed by atoms with Crippen LogP contribution in [0.5, 0.6) is 0 Å². The van der Waals surface area contributed by atoms with Crippen LogP contribution in [-0.2, 0) is 6.42 Å². The minimum absolute atomic E-state index is 0.443. The van der Waals surface area contributed by atoms with Gasteiger partial charge in [0.15, 0.2) is 0 Å². The standard InChI is InChI=1S/C23H25N/c1-3-9-18(10-4-1)15-16-21(19-11-5-2-6-12-19)23-17-20-13-7-8-14-22(20)24-23/h1,3-4,7-10,13-14,19,21,23-24H,2,5-6,11-12,17H2. The summed E-state index contributed by atoms with van der Waals surface area (Å²) in [5.74, 6) is 8.31. The molecule has 0 spiro atoms. The van der Waals surface area contributed by atoms with Crippen LogP contribution in [0.15, 0.2) is 54.6 Å². The first-order chi connectivity index (χ1) is 11.9. The average Bonchev–Trinajstić information content (AvgIpc) is 3.07. The monoisotopic (exact) mass is 315 g/mol. The summed E-state index contributed by atoms with van der Waals surface area (Å²) in [6.07, 6.45) is 7.92. The van der Waals surface area contributed by atoms with E-state index in [1.807, 2.05) is 0 Å². The maximum Gasteiger partial charge on any atom is 0.0442 e. The summed E-state index contributed by atoms with van der Waals surface area (Å²) in [6.45, 7) is 0. The molecule has 4 rings (SSSR count). The highest BCUT2D eigenvalue weighted by Crippen LogP contribution is 2.37. The largest absolute Gasteiger partial charge is 0.380 e. The van der Waals surface area contributed by atoms with E-state index in [0.717, 1.165) is 17.9 Å². The Morgan fingerprint density at radius 3 is 2.42 bits per heavy atom. The van der Waals surface area contributed by atoms with E-state index in [1.54, 1.807) is 0 Å². The molecule has 1 nitrogen and oxygen atoms in total. The molecule has 0 saturated heterocycles. The number of para-hydroxylation sites is 1. The van der Waals surface area contributed by atoms with E-state index in [9.17, 15) is 0 Å². The number of rotatable bonds is 2. The molecule has 1 heteroatoms. The molecule has 0 bridgehead atoms. The Morgan fingerprint density at radius 1 is 0.875 bits per heavy atom. The van der Waals surface area contributed by atoms with Crippen LogP contribution in [0.3, 0.4) is 0 Å². The number of fused-ring (bicyclic) bond motifs is 1. The van der Waals surface area contributed by atoms with Gasteiger partial charge in [0.25, 0.3) is 0 Å². The van der Waals surface area contributed by atoms with Crippen LogP contribution < -0.4 is 5.32 Å². The molecule has 2 aromatic carbocycles. The van der Waals surface area contributed by atoms with Gasteiger partial charge in [-0.2, -0.15) is 0 Å². The van der Waals surface area contributed by atoms with Crippen molar-refractivity contribution in [3.8, 4) is 11.8 Å². The maximum atomic E-state index is 3.77. The fraction of sp³-hybridized carbons (Fsp3) is 0.391. The van der Waals surface area contributed by atoms with Crippen molar-refractivity contribution >= 4 is 5.69 Å². The average molecular weight is 315 g/mol. The van der Waals surface area contributed by atoms with Crippen LogP contribution in [0.1, 0.15) is 43.2 Å². The summed E-state index contributed by atoms with van der Waals surface area (Å²) in [5, 5.41) is 3.77. The quantitative estimate of drug-likeness (QED) is 0.744. The predicted octanol–water partition coefficient (Wildman–Crippen LogP) is 5.27. The Kier molecular flexibility index (Phi) is 4.56. The van der Waals surface area contributed by atoms with E-state index in [0.29, 0.717) is 12.0 Å².